The van der Waals surface area contributed by atoms with E-state index in [1.807, 2.05) is 13.0 Å². The molecule has 1 saturated carbocycles. The molecule has 1 fully saturated rings. The van der Waals surface area contributed by atoms with Crippen LogP contribution in [0.2, 0.25) is 0 Å². The monoisotopic (exact) mass is 305 g/mol. The van der Waals surface area contributed by atoms with E-state index >= 15 is 0 Å². The second-order valence-corrected chi connectivity index (χ2v) is 6.75. The first-order valence-corrected chi connectivity index (χ1v) is 8.53. The zero-order valence-corrected chi connectivity index (χ0v) is 13.8. The second-order valence-electron chi connectivity index (χ2n) is 6.75. The average molecular weight is 305 g/mol. The Labute approximate surface area is 137 Å². The lowest BCUT2D eigenvalue weighted by Crippen LogP contribution is -2.14. The second kappa shape index (κ2) is 5.73. The number of H-pyrrole nitrogens is 1. The number of aromatic nitrogens is 2. The minimum atomic E-state index is 0.615. The van der Waals surface area contributed by atoms with Crippen molar-refractivity contribution in [3.05, 3.63) is 47.7 Å². The first-order valence-electron chi connectivity index (χ1n) is 8.53. The summed E-state index contributed by atoms with van der Waals surface area (Å²) in [5.74, 6) is 0. The number of benzene rings is 1. The highest BCUT2D eigenvalue weighted by molar-refractivity contribution is 5.95. The van der Waals surface area contributed by atoms with E-state index in [1.54, 1.807) is 0 Å². The molecule has 0 bridgehead atoms. The topological polar surface area (TPSA) is 40.7 Å². The van der Waals surface area contributed by atoms with E-state index in [-0.39, 0.29) is 0 Å². The van der Waals surface area contributed by atoms with Gasteiger partial charge in [0.25, 0.3) is 0 Å². The molecule has 1 aliphatic carbocycles. The molecular formula is C20H23N3. The largest absolute Gasteiger partial charge is 0.381 e. The van der Waals surface area contributed by atoms with Crippen molar-refractivity contribution in [2.24, 2.45) is 0 Å². The van der Waals surface area contributed by atoms with Gasteiger partial charge in [-0.15, -0.1) is 0 Å². The van der Waals surface area contributed by atoms with Crippen LogP contribution >= 0.6 is 0 Å². The number of hydrogen-bond acceptors (Lipinski definition) is 2. The van der Waals surface area contributed by atoms with Crippen LogP contribution in [0.15, 0.2) is 36.4 Å². The molecule has 3 nitrogen and oxygen atoms in total. The summed E-state index contributed by atoms with van der Waals surface area (Å²) in [4.78, 5) is 8.23. The van der Waals surface area contributed by atoms with Crippen LogP contribution in [0.3, 0.4) is 0 Å². The summed E-state index contributed by atoms with van der Waals surface area (Å²) in [6, 6.07) is 13.5. The smallest absolute Gasteiger partial charge is 0.0867 e. The lowest BCUT2D eigenvalue weighted by molar-refractivity contribution is 0.756. The minimum absolute atomic E-state index is 0.615. The van der Waals surface area contributed by atoms with Crippen LogP contribution in [0.5, 0.6) is 0 Å². The summed E-state index contributed by atoms with van der Waals surface area (Å²) in [5.41, 5.74) is 6.85. The van der Waals surface area contributed by atoms with Gasteiger partial charge >= 0.3 is 0 Å². The van der Waals surface area contributed by atoms with Crippen molar-refractivity contribution in [1.82, 2.24) is 9.97 Å². The van der Waals surface area contributed by atoms with Gasteiger partial charge in [0, 0.05) is 17.1 Å². The number of nitrogens with zero attached hydrogens (tertiary/aromatic N) is 1. The Bertz CT molecular complexity index is 841. The van der Waals surface area contributed by atoms with E-state index in [4.69, 9.17) is 0 Å². The van der Waals surface area contributed by atoms with Gasteiger partial charge in [-0.1, -0.05) is 18.9 Å². The van der Waals surface area contributed by atoms with Crippen molar-refractivity contribution >= 4 is 16.6 Å². The highest BCUT2D eigenvalue weighted by Crippen LogP contribution is 2.31. The Morgan fingerprint density at radius 2 is 1.91 bits per heavy atom. The van der Waals surface area contributed by atoms with E-state index in [9.17, 15) is 0 Å². The van der Waals surface area contributed by atoms with Crippen LogP contribution in [0.4, 0.5) is 5.69 Å². The van der Waals surface area contributed by atoms with Gasteiger partial charge in [0.05, 0.1) is 22.6 Å². The zero-order chi connectivity index (χ0) is 15.8. The molecule has 0 atom stereocenters. The highest BCUT2D eigenvalue weighted by atomic mass is 14.9. The summed E-state index contributed by atoms with van der Waals surface area (Å²) in [7, 11) is 0. The molecule has 2 heterocycles. The Morgan fingerprint density at radius 3 is 2.70 bits per heavy atom. The average Bonchev–Trinajstić information content (AvgIpc) is 3.16. The molecule has 3 heteroatoms. The Kier molecular flexibility index (Phi) is 3.56. The van der Waals surface area contributed by atoms with E-state index in [0.717, 1.165) is 17.1 Å². The predicted octanol–water partition coefficient (Wildman–Crippen LogP) is 5.20. The molecule has 0 radical (unpaired) electrons. The summed E-state index contributed by atoms with van der Waals surface area (Å²) < 4.78 is 0. The third kappa shape index (κ3) is 2.83. The van der Waals surface area contributed by atoms with Crippen LogP contribution in [-0.2, 0) is 0 Å². The molecule has 0 unspecified atom stereocenters. The number of aromatic amines is 1. The van der Waals surface area contributed by atoms with Crippen molar-refractivity contribution in [1.29, 1.82) is 0 Å². The summed E-state index contributed by atoms with van der Waals surface area (Å²) >= 11 is 0. The Morgan fingerprint density at radius 1 is 1.09 bits per heavy atom. The lowest BCUT2D eigenvalue weighted by Gasteiger charge is -2.15. The third-order valence-corrected chi connectivity index (χ3v) is 4.75. The van der Waals surface area contributed by atoms with Crippen molar-refractivity contribution in [3.8, 4) is 11.4 Å². The van der Waals surface area contributed by atoms with E-state index < -0.39 is 0 Å². The van der Waals surface area contributed by atoms with Gasteiger partial charge in [0.2, 0.25) is 0 Å². The van der Waals surface area contributed by atoms with Crippen LogP contribution in [0, 0.1) is 13.8 Å². The molecule has 118 valence electrons. The SMILES string of the molecule is Cc1cc(NC2CCCC2)c2[nH]c(-c3cccc(C)n3)cc2c1. The van der Waals surface area contributed by atoms with Crippen molar-refractivity contribution in [2.75, 3.05) is 5.32 Å². The van der Waals surface area contributed by atoms with Crippen LogP contribution in [0.1, 0.15) is 36.9 Å². The van der Waals surface area contributed by atoms with Gasteiger partial charge in [0.15, 0.2) is 0 Å². The molecule has 23 heavy (non-hydrogen) atoms. The van der Waals surface area contributed by atoms with Gasteiger partial charge in [-0.25, -0.2) is 0 Å². The molecular weight excluding hydrogens is 282 g/mol. The van der Waals surface area contributed by atoms with Crippen molar-refractivity contribution in [3.63, 3.8) is 0 Å². The number of fused-ring (bicyclic) bond motifs is 1. The number of pyridine rings is 1. The molecule has 1 aliphatic rings. The van der Waals surface area contributed by atoms with Crippen molar-refractivity contribution < 1.29 is 0 Å². The molecule has 0 saturated heterocycles. The molecule has 1 aromatic carbocycles. The molecule has 0 aliphatic heterocycles. The summed E-state index contributed by atoms with van der Waals surface area (Å²) in [5, 5.41) is 5.00. The molecule has 2 N–H and O–H groups in total. The Balaban J connectivity index is 1.77. The van der Waals surface area contributed by atoms with E-state index in [2.05, 4.69) is 52.5 Å². The molecule has 4 rings (SSSR count). The zero-order valence-electron chi connectivity index (χ0n) is 13.8. The number of anilines is 1. The quantitative estimate of drug-likeness (QED) is 0.698. The Hall–Kier alpha value is -2.29. The van der Waals surface area contributed by atoms with E-state index in [1.165, 1.54) is 47.8 Å². The standard InChI is InChI=1S/C20H23N3/c1-13-10-15-12-18(17-9-5-6-14(2)21-17)23-20(15)19(11-13)22-16-7-3-4-8-16/h5-6,9-12,16,22-23H,3-4,7-8H2,1-2H3. The molecule has 2 aromatic heterocycles. The van der Waals surface area contributed by atoms with Gasteiger partial charge < -0.3 is 10.3 Å². The minimum Gasteiger partial charge on any atom is -0.381 e. The highest BCUT2D eigenvalue weighted by Gasteiger charge is 2.17. The molecule has 0 spiro atoms. The fourth-order valence-electron chi connectivity index (χ4n) is 3.63. The van der Waals surface area contributed by atoms with Gasteiger partial charge in [-0.05, 0) is 62.6 Å². The fourth-order valence-corrected chi connectivity index (χ4v) is 3.63. The predicted molar refractivity (Wildman–Crippen MR) is 96.9 cm³/mol. The molecule has 3 aromatic rings. The number of rotatable bonds is 3. The van der Waals surface area contributed by atoms with Crippen LogP contribution < -0.4 is 5.32 Å². The maximum absolute atomic E-state index is 4.64. The fraction of sp³-hybridized carbons (Fsp3) is 0.350. The van der Waals surface area contributed by atoms with Gasteiger partial charge in [-0.3, -0.25) is 4.98 Å². The maximum atomic E-state index is 4.64. The number of aryl methyl sites for hydroxylation is 2. The van der Waals surface area contributed by atoms with Gasteiger partial charge in [-0.2, -0.15) is 0 Å². The summed E-state index contributed by atoms with van der Waals surface area (Å²) in [6.45, 7) is 4.19. The number of nitrogens with one attached hydrogen (secondary N) is 2. The maximum Gasteiger partial charge on any atom is 0.0867 e. The van der Waals surface area contributed by atoms with Crippen LogP contribution in [0.25, 0.3) is 22.3 Å². The number of hydrogen-bond donors (Lipinski definition) is 2. The third-order valence-electron chi connectivity index (χ3n) is 4.75. The first-order chi connectivity index (χ1) is 11.2. The van der Waals surface area contributed by atoms with Crippen molar-refractivity contribution in [2.45, 2.75) is 45.6 Å². The lowest BCUT2D eigenvalue weighted by atomic mass is 10.1. The van der Waals surface area contributed by atoms with E-state index in [0.29, 0.717) is 6.04 Å². The first kappa shape index (κ1) is 14.3. The molecule has 0 amide bonds. The summed E-state index contributed by atoms with van der Waals surface area (Å²) in [6.07, 6.45) is 5.25. The van der Waals surface area contributed by atoms with Crippen LogP contribution in [-0.4, -0.2) is 16.0 Å². The normalized spacial score (nSPS) is 15.4. The van der Waals surface area contributed by atoms with Gasteiger partial charge in [0.1, 0.15) is 0 Å².